The highest BCUT2D eigenvalue weighted by atomic mass is 32.2. The molecule has 1 fully saturated rings. The minimum atomic E-state index is -3.79. The van der Waals surface area contributed by atoms with Gasteiger partial charge in [-0.3, -0.25) is 4.79 Å². The van der Waals surface area contributed by atoms with E-state index in [1.54, 1.807) is 0 Å². The zero-order valence-corrected chi connectivity index (χ0v) is 18.9. The van der Waals surface area contributed by atoms with E-state index in [-0.39, 0.29) is 29.3 Å². The third-order valence-electron chi connectivity index (χ3n) is 5.87. The SMILES string of the molecule is CC(C)[C@@H](NC(=O)C1CCCN(S(=O)(=O)c2ccc(F)cc2)C1)c1nc2ccccc2[nH]1. The number of nitrogens with one attached hydrogen (secondary N) is 2. The fraction of sp³-hybridized carbons (Fsp3) is 0.391. The number of aromatic amines is 1. The summed E-state index contributed by atoms with van der Waals surface area (Å²) >= 11 is 0. The van der Waals surface area contributed by atoms with Crippen molar-refractivity contribution < 1.29 is 17.6 Å². The summed E-state index contributed by atoms with van der Waals surface area (Å²) < 4.78 is 40.5. The molecule has 2 aromatic carbocycles. The van der Waals surface area contributed by atoms with Crippen LogP contribution in [0.25, 0.3) is 11.0 Å². The van der Waals surface area contributed by atoms with Crippen LogP contribution < -0.4 is 5.32 Å². The van der Waals surface area contributed by atoms with Gasteiger partial charge in [0.15, 0.2) is 0 Å². The normalized spacial score (nSPS) is 18.7. The lowest BCUT2D eigenvalue weighted by Gasteiger charge is -2.32. The van der Waals surface area contributed by atoms with E-state index in [0.29, 0.717) is 25.2 Å². The number of nitrogens with zero attached hydrogens (tertiary/aromatic N) is 2. The van der Waals surface area contributed by atoms with Crippen molar-refractivity contribution in [1.29, 1.82) is 0 Å². The fourth-order valence-electron chi connectivity index (χ4n) is 4.07. The van der Waals surface area contributed by atoms with Crippen LogP contribution in [-0.2, 0) is 14.8 Å². The number of halogens is 1. The molecule has 0 saturated carbocycles. The van der Waals surface area contributed by atoms with E-state index in [4.69, 9.17) is 0 Å². The first-order valence-electron chi connectivity index (χ1n) is 10.8. The predicted octanol–water partition coefficient (Wildman–Crippen LogP) is 3.62. The van der Waals surface area contributed by atoms with Crippen LogP contribution in [0.4, 0.5) is 4.39 Å². The summed E-state index contributed by atoms with van der Waals surface area (Å²) in [5, 5.41) is 3.08. The molecule has 1 saturated heterocycles. The number of para-hydroxylation sites is 2. The van der Waals surface area contributed by atoms with E-state index in [9.17, 15) is 17.6 Å². The number of imidazole rings is 1. The number of hydrogen-bond acceptors (Lipinski definition) is 4. The number of carbonyl (C=O) groups excluding carboxylic acids is 1. The summed E-state index contributed by atoms with van der Waals surface area (Å²) in [7, 11) is -3.79. The van der Waals surface area contributed by atoms with Gasteiger partial charge in [0.25, 0.3) is 0 Å². The number of carbonyl (C=O) groups is 1. The second kappa shape index (κ2) is 8.99. The van der Waals surface area contributed by atoms with Gasteiger partial charge < -0.3 is 10.3 Å². The number of H-pyrrole nitrogens is 1. The van der Waals surface area contributed by atoms with Crippen molar-refractivity contribution in [2.45, 2.75) is 37.6 Å². The molecule has 7 nitrogen and oxygen atoms in total. The molecule has 0 aliphatic carbocycles. The van der Waals surface area contributed by atoms with E-state index in [1.165, 1.54) is 16.4 Å². The first-order chi connectivity index (χ1) is 15.3. The summed E-state index contributed by atoms with van der Waals surface area (Å²) in [6.07, 6.45) is 1.18. The maximum atomic E-state index is 13.2. The Morgan fingerprint density at radius 2 is 1.91 bits per heavy atom. The third kappa shape index (κ3) is 4.54. The van der Waals surface area contributed by atoms with Gasteiger partial charge in [-0.1, -0.05) is 26.0 Å². The molecule has 4 rings (SSSR count). The highest BCUT2D eigenvalue weighted by molar-refractivity contribution is 7.89. The molecule has 1 unspecified atom stereocenters. The molecule has 2 N–H and O–H groups in total. The first-order valence-corrected chi connectivity index (χ1v) is 12.2. The van der Waals surface area contributed by atoms with Crippen molar-refractivity contribution in [3.05, 3.63) is 60.2 Å². The van der Waals surface area contributed by atoms with Gasteiger partial charge >= 0.3 is 0 Å². The quantitative estimate of drug-likeness (QED) is 0.590. The molecule has 0 radical (unpaired) electrons. The number of benzene rings is 2. The Balaban J connectivity index is 1.50. The van der Waals surface area contributed by atoms with E-state index >= 15 is 0 Å². The van der Waals surface area contributed by atoms with E-state index in [0.717, 1.165) is 23.2 Å². The van der Waals surface area contributed by atoms with Crippen molar-refractivity contribution in [1.82, 2.24) is 19.6 Å². The lowest BCUT2D eigenvalue weighted by Crippen LogP contribution is -2.46. The minimum Gasteiger partial charge on any atom is -0.346 e. The van der Waals surface area contributed by atoms with Crippen LogP contribution >= 0.6 is 0 Å². The number of piperidine rings is 1. The van der Waals surface area contributed by atoms with Crippen LogP contribution in [0.5, 0.6) is 0 Å². The Labute approximate surface area is 187 Å². The summed E-state index contributed by atoms with van der Waals surface area (Å²) in [5.41, 5.74) is 1.73. The van der Waals surface area contributed by atoms with Crippen molar-refractivity contribution in [3.63, 3.8) is 0 Å². The van der Waals surface area contributed by atoms with Gasteiger partial charge in [-0.15, -0.1) is 0 Å². The van der Waals surface area contributed by atoms with Gasteiger partial charge in [-0.2, -0.15) is 4.31 Å². The maximum absolute atomic E-state index is 13.2. The lowest BCUT2D eigenvalue weighted by molar-refractivity contribution is -0.127. The lowest BCUT2D eigenvalue weighted by atomic mass is 9.96. The molecule has 9 heteroatoms. The molecule has 32 heavy (non-hydrogen) atoms. The van der Waals surface area contributed by atoms with Gasteiger partial charge in [0, 0.05) is 13.1 Å². The molecule has 1 aromatic heterocycles. The highest BCUT2D eigenvalue weighted by Gasteiger charge is 2.34. The molecule has 1 aliphatic heterocycles. The summed E-state index contributed by atoms with van der Waals surface area (Å²) in [6.45, 7) is 4.44. The molecule has 1 amide bonds. The summed E-state index contributed by atoms with van der Waals surface area (Å²) in [6, 6.07) is 12.1. The number of fused-ring (bicyclic) bond motifs is 1. The van der Waals surface area contributed by atoms with Crippen LogP contribution in [0.15, 0.2) is 53.4 Å². The molecule has 0 bridgehead atoms. The number of rotatable bonds is 6. The molecule has 1 aliphatic rings. The molecule has 170 valence electrons. The molecule has 2 heterocycles. The van der Waals surface area contributed by atoms with Gasteiger partial charge in [0.2, 0.25) is 15.9 Å². The maximum Gasteiger partial charge on any atom is 0.243 e. The van der Waals surface area contributed by atoms with Crippen LogP contribution in [0, 0.1) is 17.7 Å². The van der Waals surface area contributed by atoms with Gasteiger partial charge in [0.05, 0.1) is 27.9 Å². The molecular formula is C23H27FN4O3S. The van der Waals surface area contributed by atoms with E-state index in [2.05, 4.69) is 15.3 Å². The Hall–Kier alpha value is -2.78. The molecular weight excluding hydrogens is 431 g/mol. The number of amides is 1. The second-order valence-electron chi connectivity index (χ2n) is 8.53. The van der Waals surface area contributed by atoms with Crippen LogP contribution in [0.3, 0.4) is 0 Å². The molecule has 0 spiro atoms. The Morgan fingerprint density at radius 1 is 1.19 bits per heavy atom. The van der Waals surface area contributed by atoms with Crippen LogP contribution in [0.2, 0.25) is 0 Å². The monoisotopic (exact) mass is 458 g/mol. The zero-order valence-electron chi connectivity index (χ0n) is 18.1. The highest BCUT2D eigenvalue weighted by Crippen LogP contribution is 2.27. The van der Waals surface area contributed by atoms with E-state index in [1.807, 2.05) is 38.1 Å². The smallest absolute Gasteiger partial charge is 0.243 e. The standard InChI is InChI=1S/C23H27FN4O3S/c1-15(2)21(22-25-19-7-3-4-8-20(19)26-22)27-23(29)16-6-5-13-28(14-16)32(30,31)18-11-9-17(24)10-12-18/h3-4,7-12,15-16,21H,5-6,13-14H2,1-2H3,(H,25,26)(H,27,29)/t16?,21-/m1/s1. The van der Waals surface area contributed by atoms with Crippen LogP contribution in [0.1, 0.15) is 38.6 Å². The van der Waals surface area contributed by atoms with Gasteiger partial charge in [-0.25, -0.2) is 17.8 Å². The Bertz CT molecular complexity index is 1170. The van der Waals surface area contributed by atoms with Crippen molar-refractivity contribution in [3.8, 4) is 0 Å². The Morgan fingerprint density at radius 3 is 2.59 bits per heavy atom. The largest absolute Gasteiger partial charge is 0.346 e. The van der Waals surface area contributed by atoms with Crippen molar-refractivity contribution in [2.75, 3.05) is 13.1 Å². The van der Waals surface area contributed by atoms with Crippen molar-refractivity contribution in [2.24, 2.45) is 11.8 Å². The number of sulfonamides is 1. The van der Waals surface area contributed by atoms with E-state index < -0.39 is 21.8 Å². The second-order valence-corrected chi connectivity index (χ2v) is 10.5. The molecule has 2 atom stereocenters. The fourth-order valence-corrected chi connectivity index (χ4v) is 5.60. The Kier molecular flexibility index (Phi) is 6.30. The summed E-state index contributed by atoms with van der Waals surface area (Å²) in [5.74, 6) is -0.388. The minimum absolute atomic E-state index is 0.0299. The van der Waals surface area contributed by atoms with Gasteiger partial charge in [-0.05, 0) is 55.2 Å². The van der Waals surface area contributed by atoms with Gasteiger partial charge in [0.1, 0.15) is 11.6 Å². The summed E-state index contributed by atoms with van der Waals surface area (Å²) in [4.78, 5) is 21.1. The zero-order chi connectivity index (χ0) is 22.9. The topological polar surface area (TPSA) is 95.2 Å². The van der Waals surface area contributed by atoms with Crippen LogP contribution in [-0.4, -0.2) is 41.7 Å². The first kappa shape index (κ1) is 22.4. The average Bonchev–Trinajstić information content (AvgIpc) is 3.21. The predicted molar refractivity (Wildman–Crippen MR) is 120 cm³/mol. The van der Waals surface area contributed by atoms with Crippen molar-refractivity contribution >= 4 is 27.0 Å². The average molecular weight is 459 g/mol. The number of aromatic nitrogens is 2. The number of hydrogen-bond donors (Lipinski definition) is 2. The molecule has 3 aromatic rings. The third-order valence-corrected chi connectivity index (χ3v) is 7.75.